The third-order valence-electron chi connectivity index (χ3n) is 2.96. The summed E-state index contributed by atoms with van der Waals surface area (Å²) in [6.07, 6.45) is 4.73. The Labute approximate surface area is 80.4 Å². The lowest BCUT2D eigenvalue weighted by molar-refractivity contribution is 0.0621. The van der Waals surface area contributed by atoms with Gasteiger partial charge in [0.15, 0.2) is 0 Å². The van der Waals surface area contributed by atoms with Gasteiger partial charge in [-0.25, -0.2) is 0 Å². The molecular formula is C10H21NO2. The molecular weight excluding hydrogens is 166 g/mol. The molecule has 1 heterocycles. The van der Waals surface area contributed by atoms with Gasteiger partial charge in [0.25, 0.3) is 0 Å². The molecule has 13 heavy (non-hydrogen) atoms. The zero-order valence-electron chi connectivity index (χ0n) is 8.45. The Morgan fingerprint density at radius 3 is 2.69 bits per heavy atom. The van der Waals surface area contributed by atoms with Crippen molar-refractivity contribution in [3.05, 3.63) is 0 Å². The molecule has 0 bridgehead atoms. The van der Waals surface area contributed by atoms with Crippen molar-refractivity contribution in [3.63, 3.8) is 0 Å². The third-order valence-corrected chi connectivity index (χ3v) is 2.96. The molecule has 0 saturated carbocycles. The highest BCUT2D eigenvalue weighted by Crippen LogP contribution is 2.18. The van der Waals surface area contributed by atoms with E-state index in [2.05, 4.69) is 4.90 Å². The second-order valence-corrected chi connectivity index (χ2v) is 3.96. The maximum Gasteiger partial charge on any atom is 0.0586 e. The zero-order valence-corrected chi connectivity index (χ0v) is 8.45. The SMILES string of the molecule is CC(CO)N1CCCCCC1CO. The summed E-state index contributed by atoms with van der Waals surface area (Å²) < 4.78 is 0. The van der Waals surface area contributed by atoms with Crippen molar-refractivity contribution in [2.24, 2.45) is 0 Å². The molecule has 0 amide bonds. The standard InChI is InChI=1S/C10H21NO2/c1-9(7-12)11-6-4-2-3-5-10(11)8-13/h9-10,12-13H,2-8H2,1H3. The van der Waals surface area contributed by atoms with Crippen LogP contribution < -0.4 is 0 Å². The summed E-state index contributed by atoms with van der Waals surface area (Å²) in [5.41, 5.74) is 0. The Morgan fingerprint density at radius 2 is 2.08 bits per heavy atom. The lowest BCUT2D eigenvalue weighted by Crippen LogP contribution is -2.45. The highest BCUT2D eigenvalue weighted by atomic mass is 16.3. The van der Waals surface area contributed by atoms with Gasteiger partial charge in [0.05, 0.1) is 13.2 Å². The van der Waals surface area contributed by atoms with E-state index in [1.165, 1.54) is 19.3 Å². The van der Waals surface area contributed by atoms with E-state index in [9.17, 15) is 5.11 Å². The number of hydrogen-bond donors (Lipinski definition) is 2. The van der Waals surface area contributed by atoms with E-state index in [-0.39, 0.29) is 25.3 Å². The van der Waals surface area contributed by atoms with E-state index in [0.717, 1.165) is 13.0 Å². The molecule has 2 atom stereocenters. The summed E-state index contributed by atoms with van der Waals surface area (Å²) in [6, 6.07) is 0.458. The van der Waals surface area contributed by atoms with Crippen LogP contribution in [-0.4, -0.2) is 47.0 Å². The number of rotatable bonds is 3. The Morgan fingerprint density at radius 1 is 1.31 bits per heavy atom. The molecule has 0 aromatic carbocycles. The van der Waals surface area contributed by atoms with E-state index in [0.29, 0.717) is 0 Å². The summed E-state index contributed by atoms with van der Waals surface area (Å²) in [5, 5.41) is 18.3. The van der Waals surface area contributed by atoms with Crippen molar-refractivity contribution in [1.82, 2.24) is 4.90 Å². The van der Waals surface area contributed by atoms with Gasteiger partial charge in [-0.15, -0.1) is 0 Å². The molecule has 1 fully saturated rings. The van der Waals surface area contributed by atoms with Gasteiger partial charge < -0.3 is 10.2 Å². The fourth-order valence-corrected chi connectivity index (χ4v) is 2.08. The molecule has 78 valence electrons. The molecule has 1 aliphatic rings. The Hall–Kier alpha value is -0.120. The van der Waals surface area contributed by atoms with Crippen LogP contribution in [0.1, 0.15) is 32.6 Å². The minimum atomic E-state index is 0.190. The van der Waals surface area contributed by atoms with Gasteiger partial charge in [0, 0.05) is 12.1 Å². The van der Waals surface area contributed by atoms with E-state index in [1.807, 2.05) is 6.92 Å². The van der Waals surface area contributed by atoms with Gasteiger partial charge in [0.2, 0.25) is 0 Å². The lowest BCUT2D eigenvalue weighted by Gasteiger charge is -2.33. The van der Waals surface area contributed by atoms with Crippen LogP contribution in [0.3, 0.4) is 0 Å². The van der Waals surface area contributed by atoms with Crippen LogP contribution in [0.25, 0.3) is 0 Å². The molecule has 0 aromatic rings. The Kier molecular flexibility index (Phi) is 4.70. The van der Waals surface area contributed by atoms with Gasteiger partial charge in [-0.1, -0.05) is 12.8 Å². The predicted molar refractivity (Wildman–Crippen MR) is 52.6 cm³/mol. The molecule has 1 saturated heterocycles. The summed E-state index contributed by atoms with van der Waals surface area (Å²) >= 11 is 0. The molecule has 2 unspecified atom stereocenters. The van der Waals surface area contributed by atoms with Crippen LogP contribution in [0.5, 0.6) is 0 Å². The van der Waals surface area contributed by atoms with Crippen LogP contribution in [0.2, 0.25) is 0 Å². The summed E-state index contributed by atoms with van der Waals surface area (Å²) in [4.78, 5) is 2.24. The number of nitrogens with zero attached hydrogens (tertiary/aromatic N) is 1. The van der Waals surface area contributed by atoms with Gasteiger partial charge in [-0.2, -0.15) is 0 Å². The number of likely N-dealkylation sites (tertiary alicyclic amines) is 1. The van der Waals surface area contributed by atoms with Gasteiger partial charge in [-0.05, 0) is 26.3 Å². The van der Waals surface area contributed by atoms with E-state index in [1.54, 1.807) is 0 Å². The molecule has 3 heteroatoms. The highest BCUT2D eigenvalue weighted by Gasteiger charge is 2.23. The van der Waals surface area contributed by atoms with Gasteiger partial charge >= 0.3 is 0 Å². The van der Waals surface area contributed by atoms with E-state index < -0.39 is 0 Å². The van der Waals surface area contributed by atoms with Crippen molar-refractivity contribution in [1.29, 1.82) is 0 Å². The maximum atomic E-state index is 9.21. The monoisotopic (exact) mass is 187 g/mol. The first-order valence-electron chi connectivity index (χ1n) is 5.27. The average molecular weight is 187 g/mol. The topological polar surface area (TPSA) is 43.7 Å². The van der Waals surface area contributed by atoms with Crippen LogP contribution in [-0.2, 0) is 0 Å². The minimum absolute atomic E-state index is 0.190. The van der Waals surface area contributed by atoms with E-state index >= 15 is 0 Å². The van der Waals surface area contributed by atoms with Crippen molar-refractivity contribution >= 4 is 0 Å². The summed E-state index contributed by atoms with van der Waals surface area (Å²) in [5.74, 6) is 0. The number of aliphatic hydroxyl groups is 2. The van der Waals surface area contributed by atoms with Crippen LogP contribution in [0.15, 0.2) is 0 Å². The summed E-state index contributed by atoms with van der Waals surface area (Å²) in [6.45, 7) is 3.46. The van der Waals surface area contributed by atoms with Crippen molar-refractivity contribution in [2.75, 3.05) is 19.8 Å². The first-order valence-corrected chi connectivity index (χ1v) is 5.27. The molecule has 3 nitrogen and oxygen atoms in total. The molecule has 0 aromatic heterocycles. The highest BCUT2D eigenvalue weighted by molar-refractivity contribution is 4.78. The van der Waals surface area contributed by atoms with Crippen LogP contribution in [0.4, 0.5) is 0 Å². The second-order valence-electron chi connectivity index (χ2n) is 3.96. The zero-order chi connectivity index (χ0) is 9.68. The number of aliphatic hydroxyl groups excluding tert-OH is 2. The molecule has 1 rings (SSSR count). The smallest absolute Gasteiger partial charge is 0.0586 e. The fourth-order valence-electron chi connectivity index (χ4n) is 2.08. The fraction of sp³-hybridized carbons (Fsp3) is 1.00. The largest absolute Gasteiger partial charge is 0.395 e. The van der Waals surface area contributed by atoms with Crippen LogP contribution in [0, 0.1) is 0 Å². The normalized spacial score (nSPS) is 28.4. The molecule has 0 aliphatic carbocycles. The molecule has 0 radical (unpaired) electrons. The number of hydrogen-bond acceptors (Lipinski definition) is 3. The Balaban J connectivity index is 2.53. The van der Waals surface area contributed by atoms with Gasteiger partial charge in [0.1, 0.15) is 0 Å². The minimum Gasteiger partial charge on any atom is -0.395 e. The maximum absolute atomic E-state index is 9.21. The van der Waals surface area contributed by atoms with Crippen LogP contribution >= 0.6 is 0 Å². The van der Waals surface area contributed by atoms with Crippen molar-refractivity contribution < 1.29 is 10.2 Å². The first kappa shape index (κ1) is 11.0. The second kappa shape index (κ2) is 5.58. The third kappa shape index (κ3) is 2.93. The Bertz CT molecular complexity index is 141. The van der Waals surface area contributed by atoms with Crippen molar-refractivity contribution in [2.45, 2.75) is 44.7 Å². The lowest BCUT2D eigenvalue weighted by atomic mass is 10.1. The van der Waals surface area contributed by atoms with Gasteiger partial charge in [-0.3, -0.25) is 4.90 Å². The predicted octanol–water partition coefficient (Wildman–Crippen LogP) is 0.604. The van der Waals surface area contributed by atoms with Crippen molar-refractivity contribution in [3.8, 4) is 0 Å². The molecule has 2 N–H and O–H groups in total. The quantitative estimate of drug-likeness (QED) is 0.680. The first-order chi connectivity index (χ1) is 6.29. The summed E-state index contributed by atoms with van der Waals surface area (Å²) in [7, 11) is 0. The van der Waals surface area contributed by atoms with E-state index in [4.69, 9.17) is 5.11 Å². The average Bonchev–Trinajstić information content (AvgIpc) is 2.41. The molecule has 0 spiro atoms. The molecule has 1 aliphatic heterocycles.